The first-order chi connectivity index (χ1) is 15.3. The number of aromatic amines is 1. The van der Waals surface area contributed by atoms with Gasteiger partial charge in [0.1, 0.15) is 5.82 Å². The number of imidazole rings is 1. The molecule has 0 spiro atoms. The molecule has 5 rings (SSSR count). The quantitative estimate of drug-likeness (QED) is 0.398. The van der Waals surface area contributed by atoms with Crippen molar-refractivity contribution >= 4 is 16.7 Å². The second kappa shape index (κ2) is 11.0. The maximum Gasteiger partial charge on any atom is 1.00 e. The van der Waals surface area contributed by atoms with Crippen molar-refractivity contribution in [3.8, 4) is 11.4 Å². The van der Waals surface area contributed by atoms with Crippen molar-refractivity contribution in [2.75, 3.05) is 37.6 Å². The van der Waals surface area contributed by atoms with E-state index in [1.807, 2.05) is 6.07 Å². The summed E-state index contributed by atoms with van der Waals surface area (Å²) in [6, 6.07) is 16.8. The van der Waals surface area contributed by atoms with Gasteiger partial charge in [-0.25, -0.2) is 4.98 Å². The molecule has 162 valence electrons. The molecule has 1 N–H and O–H groups in total. The van der Waals surface area contributed by atoms with Crippen molar-refractivity contribution in [2.24, 2.45) is 0 Å². The summed E-state index contributed by atoms with van der Waals surface area (Å²) in [4.78, 5) is 9.85. The molecule has 3 heterocycles. The summed E-state index contributed by atoms with van der Waals surface area (Å²) < 4.78 is 2.41. The molecule has 0 saturated carbocycles. The zero-order chi connectivity index (χ0) is 21.0. The Hall–Kier alpha value is -1.62. The van der Waals surface area contributed by atoms with Gasteiger partial charge in [0.25, 0.3) is 0 Å². The SMILES string of the molecule is CCCc1nc2ccccc2n1CCN1CCN(c2ccccc2-c2nn[nH]n2)CC1.[H-].[K+]. The minimum absolute atomic E-state index is 0. The zero-order valence-corrected chi connectivity index (χ0v) is 22.0. The van der Waals surface area contributed by atoms with E-state index < -0.39 is 0 Å². The Balaban J connectivity index is 0.00000153. The van der Waals surface area contributed by atoms with Crippen molar-refractivity contribution in [2.45, 2.75) is 26.3 Å². The molecule has 8 nitrogen and oxygen atoms in total. The van der Waals surface area contributed by atoms with Crippen LogP contribution in [0.3, 0.4) is 0 Å². The second-order valence-corrected chi connectivity index (χ2v) is 8.00. The van der Waals surface area contributed by atoms with Gasteiger partial charge in [0, 0.05) is 56.9 Å². The summed E-state index contributed by atoms with van der Waals surface area (Å²) in [5, 5.41) is 14.6. The molecule has 2 aromatic heterocycles. The number of fused-ring (bicyclic) bond motifs is 1. The normalized spacial score (nSPS) is 14.6. The fraction of sp³-hybridized carbons (Fsp3) is 0.391. The number of hydrogen-bond acceptors (Lipinski definition) is 6. The Bertz CT molecular complexity index is 1140. The maximum absolute atomic E-state index is 4.87. The van der Waals surface area contributed by atoms with Gasteiger partial charge in [0.2, 0.25) is 5.82 Å². The molecule has 0 aliphatic carbocycles. The van der Waals surface area contributed by atoms with Crippen molar-refractivity contribution in [1.82, 2.24) is 35.1 Å². The predicted molar refractivity (Wildman–Crippen MR) is 123 cm³/mol. The average molecular weight is 457 g/mol. The Morgan fingerprint density at radius 1 is 0.969 bits per heavy atom. The standard InChI is InChI=1S/C23H28N8.K.H/c1-2-7-22-24-19-9-4-6-11-21(19)31(22)17-14-29-12-15-30(16-13-29)20-10-5-3-8-18(20)23-25-27-28-26-23;;/h3-6,8-11H,2,7,12-17H2,1H3,(H,25,26,27,28);;/q;+1;-1. The van der Waals surface area contributed by atoms with Crippen molar-refractivity contribution in [3.05, 3.63) is 54.4 Å². The van der Waals surface area contributed by atoms with Crippen LogP contribution in [0, 0.1) is 0 Å². The third-order valence-electron chi connectivity index (χ3n) is 6.05. The van der Waals surface area contributed by atoms with Gasteiger partial charge in [0.15, 0.2) is 0 Å². The minimum Gasteiger partial charge on any atom is -1.00 e. The van der Waals surface area contributed by atoms with Crippen molar-refractivity contribution in [3.63, 3.8) is 0 Å². The molecule has 0 unspecified atom stereocenters. The van der Waals surface area contributed by atoms with Crippen LogP contribution in [-0.2, 0) is 13.0 Å². The largest absolute Gasteiger partial charge is 1.00 e. The van der Waals surface area contributed by atoms with Crippen LogP contribution < -0.4 is 56.3 Å². The molecule has 4 aromatic rings. The number of nitrogens with zero attached hydrogens (tertiary/aromatic N) is 7. The topological polar surface area (TPSA) is 78.8 Å². The second-order valence-electron chi connectivity index (χ2n) is 8.00. The molecule has 1 aliphatic heterocycles. The summed E-state index contributed by atoms with van der Waals surface area (Å²) in [6.45, 7) is 8.29. The number of rotatable bonds is 7. The summed E-state index contributed by atoms with van der Waals surface area (Å²) >= 11 is 0. The van der Waals surface area contributed by atoms with E-state index in [0.717, 1.165) is 63.2 Å². The van der Waals surface area contributed by atoms with Crippen LogP contribution in [0.2, 0.25) is 0 Å². The first kappa shape index (κ1) is 23.5. The molecule has 0 atom stereocenters. The van der Waals surface area contributed by atoms with E-state index in [1.54, 1.807) is 0 Å². The smallest absolute Gasteiger partial charge is 1.00 e. The number of aryl methyl sites for hydroxylation is 1. The van der Waals surface area contributed by atoms with E-state index in [2.05, 4.69) is 84.4 Å². The summed E-state index contributed by atoms with van der Waals surface area (Å²) in [6.07, 6.45) is 2.14. The van der Waals surface area contributed by atoms with Gasteiger partial charge in [-0.3, -0.25) is 4.90 Å². The number of nitrogens with one attached hydrogen (secondary N) is 1. The first-order valence-electron chi connectivity index (χ1n) is 11.1. The molecular formula is C23H29KN8. The molecule has 32 heavy (non-hydrogen) atoms. The number of hydrogen-bond donors (Lipinski definition) is 1. The molecule has 1 saturated heterocycles. The van der Waals surface area contributed by atoms with Crippen LogP contribution in [-0.4, -0.2) is 67.8 Å². The van der Waals surface area contributed by atoms with Crippen LogP contribution in [0.15, 0.2) is 48.5 Å². The number of benzene rings is 2. The number of tetrazole rings is 1. The number of para-hydroxylation sites is 3. The number of aromatic nitrogens is 6. The van der Waals surface area contributed by atoms with E-state index in [4.69, 9.17) is 4.98 Å². The summed E-state index contributed by atoms with van der Waals surface area (Å²) in [7, 11) is 0. The number of H-pyrrole nitrogens is 1. The van der Waals surface area contributed by atoms with Crippen molar-refractivity contribution < 1.29 is 52.8 Å². The van der Waals surface area contributed by atoms with Crippen LogP contribution in [0.5, 0.6) is 0 Å². The average Bonchev–Trinajstić information content (AvgIpc) is 3.47. The Morgan fingerprint density at radius 3 is 2.53 bits per heavy atom. The molecule has 2 aromatic carbocycles. The third-order valence-corrected chi connectivity index (χ3v) is 6.05. The fourth-order valence-corrected chi connectivity index (χ4v) is 4.46. The minimum atomic E-state index is 0. The first-order valence-corrected chi connectivity index (χ1v) is 11.1. The van der Waals surface area contributed by atoms with E-state index in [9.17, 15) is 0 Å². The van der Waals surface area contributed by atoms with Gasteiger partial charge in [-0.15, -0.1) is 10.2 Å². The van der Waals surface area contributed by atoms with Gasteiger partial charge in [-0.1, -0.05) is 31.2 Å². The van der Waals surface area contributed by atoms with Gasteiger partial charge in [-0.05, 0) is 35.9 Å². The Labute approximate surface area is 232 Å². The number of anilines is 1. The number of piperazine rings is 1. The predicted octanol–water partition coefficient (Wildman–Crippen LogP) is 0.108. The molecule has 1 aliphatic rings. The molecule has 0 amide bonds. The molecule has 1 fully saturated rings. The van der Waals surface area contributed by atoms with E-state index in [1.165, 1.54) is 17.0 Å². The Kier molecular flexibility index (Phi) is 8.09. The molecule has 9 heteroatoms. The van der Waals surface area contributed by atoms with Crippen LogP contribution in [0.1, 0.15) is 20.6 Å². The molecule has 0 bridgehead atoms. The van der Waals surface area contributed by atoms with Crippen LogP contribution >= 0.6 is 0 Å². The monoisotopic (exact) mass is 456 g/mol. The summed E-state index contributed by atoms with van der Waals surface area (Å²) in [5.74, 6) is 1.85. The zero-order valence-electron chi connectivity index (χ0n) is 19.9. The van der Waals surface area contributed by atoms with E-state index in [0.29, 0.717) is 5.82 Å². The van der Waals surface area contributed by atoms with E-state index in [-0.39, 0.29) is 52.8 Å². The molecular weight excluding hydrogens is 427 g/mol. The van der Waals surface area contributed by atoms with Gasteiger partial charge in [0.05, 0.1) is 11.0 Å². The fourth-order valence-electron chi connectivity index (χ4n) is 4.46. The van der Waals surface area contributed by atoms with Crippen LogP contribution in [0.25, 0.3) is 22.4 Å². The summed E-state index contributed by atoms with van der Waals surface area (Å²) in [5.41, 5.74) is 4.56. The Morgan fingerprint density at radius 2 is 1.75 bits per heavy atom. The van der Waals surface area contributed by atoms with Gasteiger partial charge < -0.3 is 10.9 Å². The molecule has 0 radical (unpaired) electrons. The van der Waals surface area contributed by atoms with Gasteiger partial charge in [-0.2, -0.15) is 5.21 Å². The third kappa shape index (κ3) is 4.98. The maximum atomic E-state index is 4.87. The van der Waals surface area contributed by atoms with Gasteiger partial charge >= 0.3 is 51.4 Å². The van der Waals surface area contributed by atoms with E-state index >= 15 is 0 Å². The van der Waals surface area contributed by atoms with Crippen LogP contribution in [0.4, 0.5) is 5.69 Å². The van der Waals surface area contributed by atoms with Crippen molar-refractivity contribution in [1.29, 1.82) is 0 Å².